The number of aromatic amines is 1. The SMILES string of the molecule is c1ccc(CN2CCC(NCc3ncc[nH]3)C2)cc1. The Morgan fingerprint density at radius 1 is 1.32 bits per heavy atom. The second-order valence-electron chi connectivity index (χ2n) is 5.12. The second-order valence-corrected chi connectivity index (χ2v) is 5.12. The molecule has 0 saturated carbocycles. The van der Waals surface area contributed by atoms with Gasteiger partial charge in [0, 0.05) is 38.1 Å². The Morgan fingerprint density at radius 3 is 3.00 bits per heavy atom. The van der Waals surface area contributed by atoms with Crippen LogP contribution < -0.4 is 5.32 Å². The first-order chi connectivity index (χ1) is 9.40. The molecule has 4 nitrogen and oxygen atoms in total. The molecular formula is C15H20N4. The fourth-order valence-corrected chi connectivity index (χ4v) is 2.62. The maximum absolute atomic E-state index is 4.23. The number of likely N-dealkylation sites (tertiary alicyclic amines) is 1. The van der Waals surface area contributed by atoms with Crippen molar-refractivity contribution >= 4 is 0 Å². The highest BCUT2D eigenvalue weighted by atomic mass is 15.2. The van der Waals surface area contributed by atoms with Crippen molar-refractivity contribution in [2.45, 2.75) is 25.6 Å². The molecule has 0 amide bonds. The molecule has 0 spiro atoms. The maximum atomic E-state index is 4.23. The monoisotopic (exact) mass is 256 g/mol. The summed E-state index contributed by atoms with van der Waals surface area (Å²) in [7, 11) is 0. The molecule has 1 unspecified atom stereocenters. The molecule has 3 rings (SSSR count). The molecule has 1 aliphatic heterocycles. The molecule has 0 bridgehead atoms. The van der Waals surface area contributed by atoms with Gasteiger partial charge in [0.1, 0.15) is 5.82 Å². The Labute approximate surface area is 113 Å². The van der Waals surface area contributed by atoms with Crippen LogP contribution in [0.15, 0.2) is 42.7 Å². The largest absolute Gasteiger partial charge is 0.348 e. The quantitative estimate of drug-likeness (QED) is 0.857. The van der Waals surface area contributed by atoms with Crippen LogP contribution in [0, 0.1) is 0 Å². The van der Waals surface area contributed by atoms with Gasteiger partial charge in [-0.15, -0.1) is 0 Å². The van der Waals surface area contributed by atoms with Crippen LogP contribution >= 0.6 is 0 Å². The number of imidazole rings is 1. The third-order valence-electron chi connectivity index (χ3n) is 3.63. The van der Waals surface area contributed by atoms with Gasteiger partial charge >= 0.3 is 0 Å². The Hall–Kier alpha value is -1.65. The van der Waals surface area contributed by atoms with E-state index in [1.807, 2.05) is 6.20 Å². The van der Waals surface area contributed by atoms with E-state index in [-0.39, 0.29) is 0 Å². The molecule has 2 N–H and O–H groups in total. The Morgan fingerprint density at radius 2 is 2.21 bits per heavy atom. The van der Waals surface area contributed by atoms with Crippen molar-refractivity contribution < 1.29 is 0 Å². The lowest BCUT2D eigenvalue weighted by Gasteiger charge is -2.16. The first-order valence-electron chi connectivity index (χ1n) is 6.88. The average molecular weight is 256 g/mol. The lowest BCUT2D eigenvalue weighted by molar-refractivity contribution is 0.319. The number of aromatic nitrogens is 2. The molecule has 0 aliphatic carbocycles. The molecule has 4 heteroatoms. The van der Waals surface area contributed by atoms with Gasteiger partial charge in [-0.1, -0.05) is 30.3 Å². The molecule has 1 aromatic heterocycles. The van der Waals surface area contributed by atoms with Gasteiger partial charge in [0.25, 0.3) is 0 Å². The summed E-state index contributed by atoms with van der Waals surface area (Å²) in [5.74, 6) is 1.02. The fraction of sp³-hybridized carbons (Fsp3) is 0.400. The normalized spacial score (nSPS) is 19.9. The summed E-state index contributed by atoms with van der Waals surface area (Å²) in [6, 6.07) is 11.3. The van der Waals surface area contributed by atoms with Crippen LogP contribution in [-0.4, -0.2) is 34.0 Å². The van der Waals surface area contributed by atoms with Gasteiger partial charge in [0.05, 0.1) is 6.54 Å². The van der Waals surface area contributed by atoms with Crippen LogP contribution in [0.4, 0.5) is 0 Å². The zero-order valence-corrected chi connectivity index (χ0v) is 11.0. The van der Waals surface area contributed by atoms with Crippen LogP contribution in [-0.2, 0) is 13.1 Å². The smallest absolute Gasteiger partial charge is 0.120 e. The van der Waals surface area contributed by atoms with Gasteiger partial charge in [-0.3, -0.25) is 4.90 Å². The Bertz CT molecular complexity index is 480. The minimum atomic E-state index is 0.578. The van der Waals surface area contributed by atoms with Crippen molar-refractivity contribution in [3.05, 3.63) is 54.1 Å². The van der Waals surface area contributed by atoms with E-state index in [4.69, 9.17) is 0 Å². The lowest BCUT2D eigenvalue weighted by atomic mass is 10.2. The zero-order chi connectivity index (χ0) is 12.9. The van der Waals surface area contributed by atoms with Crippen molar-refractivity contribution in [3.63, 3.8) is 0 Å². The summed E-state index contributed by atoms with van der Waals surface area (Å²) in [6.07, 6.45) is 4.88. The molecule has 1 atom stereocenters. The van der Waals surface area contributed by atoms with Crippen LogP contribution in [0.3, 0.4) is 0 Å². The highest BCUT2D eigenvalue weighted by molar-refractivity contribution is 5.14. The highest BCUT2D eigenvalue weighted by Gasteiger charge is 2.21. The third kappa shape index (κ3) is 3.43. The van der Waals surface area contributed by atoms with E-state index in [9.17, 15) is 0 Å². The van der Waals surface area contributed by atoms with Gasteiger partial charge in [0.2, 0.25) is 0 Å². The molecule has 19 heavy (non-hydrogen) atoms. The van der Waals surface area contributed by atoms with E-state index in [0.717, 1.165) is 25.5 Å². The predicted molar refractivity (Wildman–Crippen MR) is 75.6 cm³/mol. The van der Waals surface area contributed by atoms with Gasteiger partial charge < -0.3 is 10.3 Å². The zero-order valence-electron chi connectivity index (χ0n) is 11.0. The van der Waals surface area contributed by atoms with Crippen molar-refractivity contribution in [3.8, 4) is 0 Å². The van der Waals surface area contributed by atoms with E-state index in [2.05, 4.69) is 50.5 Å². The standard InChI is InChI=1S/C15H20N4/c1-2-4-13(5-3-1)11-19-9-6-14(12-19)18-10-15-16-7-8-17-15/h1-5,7-8,14,18H,6,9-12H2,(H,16,17). The predicted octanol–water partition coefficient (Wildman–Crippen LogP) is 1.77. The number of H-pyrrole nitrogens is 1. The van der Waals surface area contributed by atoms with Crippen LogP contribution in [0.1, 0.15) is 17.8 Å². The Balaban J connectivity index is 1.45. The van der Waals surface area contributed by atoms with Crippen molar-refractivity contribution in [1.82, 2.24) is 20.2 Å². The summed E-state index contributed by atoms with van der Waals surface area (Å²) in [6.45, 7) is 4.18. The van der Waals surface area contributed by atoms with Gasteiger partial charge in [0.15, 0.2) is 0 Å². The third-order valence-corrected chi connectivity index (χ3v) is 3.63. The first kappa shape index (κ1) is 12.4. The molecule has 2 aromatic rings. The fourth-order valence-electron chi connectivity index (χ4n) is 2.62. The van der Waals surface area contributed by atoms with Crippen molar-refractivity contribution in [2.24, 2.45) is 0 Å². The van der Waals surface area contributed by atoms with E-state index in [1.54, 1.807) is 6.20 Å². The Kier molecular flexibility index (Phi) is 3.91. The number of rotatable bonds is 5. The summed E-state index contributed by atoms with van der Waals surface area (Å²) >= 11 is 0. The highest BCUT2D eigenvalue weighted by Crippen LogP contribution is 2.13. The number of hydrogen-bond donors (Lipinski definition) is 2. The molecule has 2 heterocycles. The number of nitrogens with one attached hydrogen (secondary N) is 2. The number of benzene rings is 1. The summed E-state index contributed by atoms with van der Waals surface area (Å²) in [5, 5.41) is 3.56. The van der Waals surface area contributed by atoms with Gasteiger partial charge in [-0.2, -0.15) is 0 Å². The first-order valence-corrected chi connectivity index (χ1v) is 6.88. The van der Waals surface area contributed by atoms with E-state index in [1.165, 1.54) is 18.5 Å². The van der Waals surface area contributed by atoms with Crippen LogP contribution in [0.2, 0.25) is 0 Å². The van der Waals surface area contributed by atoms with Crippen LogP contribution in [0.5, 0.6) is 0 Å². The number of nitrogens with zero attached hydrogens (tertiary/aromatic N) is 2. The molecule has 1 aliphatic rings. The molecule has 100 valence electrons. The summed E-state index contributed by atoms with van der Waals surface area (Å²) in [4.78, 5) is 9.87. The van der Waals surface area contributed by atoms with Crippen molar-refractivity contribution in [1.29, 1.82) is 0 Å². The molecule has 0 radical (unpaired) electrons. The van der Waals surface area contributed by atoms with E-state index >= 15 is 0 Å². The lowest BCUT2D eigenvalue weighted by Crippen LogP contribution is -2.32. The molecule has 1 fully saturated rings. The summed E-state index contributed by atoms with van der Waals surface area (Å²) in [5.41, 5.74) is 1.40. The summed E-state index contributed by atoms with van der Waals surface area (Å²) < 4.78 is 0. The average Bonchev–Trinajstić information content (AvgIpc) is 3.09. The topological polar surface area (TPSA) is 44.0 Å². The molecular weight excluding hydrogens is 236 g/mol. The maximum Gasteiger partial charge on any atom is 0.120 e. The molecule has 1 saturated heterocycles. The van der Waals surface area contributed by atoms with Crippen LogP contribution in [0.25, 0.3) is 0 Å². The van der Waals surface area contributed by atoms with Crippen molar-refractivity contribution in [2.75, 3.05) is 13.1 Å². The van der Waals surface area contributed by atoms with E-state index < -0.39 is 0 Å². The van der Waals surface area contributed by atoms with E-state index in [0.29, 0.717) is 6.04 Å². The number of hydrogen-bond acceptors (Lipinski definition) is 3. The second kappa shape index (κ2) is 5.99. The minimum absolute atomic E-state index is 0.578. The van der Waals surface area contributed by atoms with Gasteiger partial charge in [-0.25, -0.2) is 4.98 Å². The molecule has 1 aromatic carbocycles. The minimum Gasteiger partial charge on any atom is -0.348 e. The van der Waals surface area contributed by atoms with Gasteiger partial charge in [-0.05, 0) is 12.0 Å².